The Balaban J connectivity index is 2.30. The number of aromatic nitrogens is 2. The Hall–Kier alpha value is -0.790. The van der Waals surface area contributed by atoms with E-state index in [1.165, 1.54) is 24.1 Å². The Labute approximate surface area is 78.7 Å². The number of aromatic amines is 1. The van der Waals surface area contributed by atoms with Crippen LogP contribution < -0.4 is 0 Å². The predicted octanol–water partition coefficient (Wildman–Crippen LogP) is 2.58. The van der Waals surface area contributed by atoms with E-state index in [4.69, 9.17) is 0 Å². The number of H-pyrrole nitrogens is 1. The largest absolute Gasteiger partial charge is 0.282 e. The summed E-state index contributed by atoms with van der Waals surface area (Å²) in [5.74, 6) is 0.742. The molecule has 2 bridgehead atoms. The summed E-state index contributed by atoms with van der Waals surface area (Å²) in [6.07, 6.45) is 4.70. The van der Waals surface area contributed by atoms with Crippen LogP contribution in [0.5, 0.6) is 0 Å². The van der Waals surface area contributed by atoms with E-state index in [1.54, 1.807) is 0 Å². The monoisotopic (exact) mass is 176 g/mol. The molecule has 1 aromatic rings. The Morgan fingerprint density at radius 1 is 1.46 bits per heavy atom. The highest BCUT2D eigenvalue weighted by atomic mass is 15.1. The Bertz CT molecular complexity index is 364. The average molecular weight is 176 g/mol. The summed E-state index contributed by atoms with van der Waals surface area (Å²) < 4.78 is 0. The first-order valence-corrected chi connectivity index (χ1v) is 5.11. The molecule has 2 heteroatoms. The molecule has 2 aliphatic rings. The molecule has 0 amide bonds. The second-order valence-electron chi connectivity index (χ2n) is 5.35. The van der Waals surface area contributed by atoms with Gasteiger partial charge in [-0.25, -0.2) is 0 Å². The van der Waals surface area contributed by atoms with Crippen LogP contribution in [0.25, 0.3) is 0 Å². The van der Waals surface area contributed by atoms with Crippen molar-refractivity contribution in [2.45, 2.75) is 44.9 Å². The van der Waals surface area contributed by atoms with Crippen LogP contribution in [-0.2, 0) is 5.41 Å². The van der Waals surface area contributed by atoms with Gasteiger partial charge in [0.2, 0.25) is 0 Å². The highest BCUT2D eigenvalue weighted by Gasteiger charge is 2.60. The lowest BCUT2D eigenvalue weighted by atomic mass is 9.70. The fourth-order valence-corrected chi connectivity index (χ4v) is 3.49. The lowest BCUT2D eigenvalue weighted by molar-refractivity contribution is 0.225. The molecule has 2 nitrogen and oxygen atoms in total. The van der Waals surface area contributed by atoms with Gasteiger partial charge in [-0.15, -0.1) is 0 Å². The number of nitrogens with zero attached hydrogens (tertiary/aromatic N) is 1. The molecule has 0 spiro atoms. The standard InChI is InChI=1S/C11H16N2/c1-10(2)8-4-5-11(10,3)9-7(8)6-12-13-9/h6,8H,4-5H2,1-3H3,(H,12,13)/t8-,11-/m0/s1. The minimum Gasteiger partial charge on any atom is -0.282 e. The third-order valence-electron chi connectivity index (χ3n) is 4.82. The first-order chi connectivity index (χ1) is 6.07. The van der Waals surface area contributed by atoms with Crippen molar-refractivity contribution in [2.24, 2.45) is 5.41 Å². The molecule has 0 aliphatic heterocycles. The van der Waals surface area contributed by atoms with E-state index < -0.39 is 0 Å². The summed E-state index contributed by atoms with van der Waals surface area (Å²) in [6, 6.07) is 0. The molecule has 0 saturated heterocycles. The molecule has 0 radical (unpaired) electrons. The zero-order valence-corrected chi connectivity index (χ0v) is 8.52. The zero-order valence-electron chi connectivity index (χ0n) is 8.52. The van der Waals surface area contributed by atoms with E-state index in [2.05, 4.69) is 31.0 Å². The van der Waals surface area contributed by atoms with E-state index >= 15 is 0 Å². The highest BCUT2D eigenvalue weighted by Crippen LogP contribution is 2.66. The second-order valence-corrected chi connectivity index (χ2v) is 5.35. The highest BCUT2D eigenvalue weighted by molar-refractivity contribution is 5.43. The van der Waals surface area contributed by atoms with Crippen molar-refractivity contribution in [3.63, 3.8) is 0 Å². The summed E-state index contributed by atoms with van der Waals surface area (Å²) in [5.41, 5.74) is 3.67. The van der Waals surface area contributed by atoms with Gasteiger partial charge in [0.25, 0.3) is 0 Å². The van der Waals surface area contributed by atoms with Gasteiger partial charge in [0.05, 0.1) is 6.20 Å². The number of hydrogen-bond acceptors (Lipinski definition) is 1. The van der Waals surface area contributed by atoms with E-state index in [1.807, 2.05) is 6.20 Å². The number of fused-ring (bicyclic) bond motifs is 5. The maximum Gasteiger partial charge on any atom is 0.0525 e. The van der Waals surface area contributed by atoms with Crippen molar-refractivity contribution >= 4 is 0 Å². The molecule has 1 fully saturated rings. The van der Waals surface area contributed by atoms with Crippen LogP contribution in [-0.4, -0.2) is 10.2 Å². The average Bonchev–Trinajstić information content (AvgIpc) is 2.63. The van der Waals surface area contributed by atoms with Crippen LogP contribution in [0.4, 0.5) is 0 Å². The molecule has 70 valence electrons. The Morgan fingerprint density at radius 3 is 2.92 bits per heavy atom. The minimum atomic E-state index is 0.351. The maximum absolute atomic E-state index is 4.17. The van der Waals surface area contributed by atoms with Crippen molar-refractivity contribution < 1.29 is 0 Å². The molecule has 1 N–H and O–H groups in total. The fourth-order valence-electron chi connectivity index (χ4n) is 3.49. The van der Waals surface area contributed by atoms with Crippen molar-refractivity contribution in [3.05, 3.63) is 17.5 Å². The number of rotatable bonds is 0. The lowest BCUT2D eigenvalue weighted by Crippen LogP contribution is -2.31. The van der Waals surface area contributed by atoms with E-state index in [9.17, 15) is 0 Å². The third kappa shape index (κ3) is 0.588. The summed E-state index contributed by atoms with van der Waals surface area (Å²) in [7, 11) is 0. The Morgan fingerprint density at radius 2 is 2.23 bits per heavy atom. The van der Waals surface area contributed by atoms with Crippen LogP contribution in [0.2, 0.25) is 0 Å². The Kier molecular flexibility index (Phi) is 1.07. The molecule has 13 heavy (non-hydrogen) atoms. The molecule has 1 saturated carbocycles. The van der Waals surface area contributed by atoms with Crippen molar-refractivity contribution in [2.75, 3.05) is 0 Å². The van der Waals surface area contributed by atoms with E-state index in [0.717, 1.165) is 5.92 Å². The van der Waals surface area contributed by atoms with Crippen LogP contribution in [0.1, 0.15) is 50.8 Å². The minimum absolute atomic E-state index is 0.351. The summed E-state index contributed by atoms with van der Waals surface area (Å²) in [5, 5.41) is 7.37. The molecule has 1 aromatic heterocycles. The lowest BCUT2D eigenvalue weighted by Gasteiger charge is -2.34. The van der Waals surface area contributed by atoms with Gasteiger partial charge >= 0.3 is 0 Å². The van der Waals surface area contributed by atoms with Gasteiger partial charge in [0.1, 0.15) is 0 Å². The maximum atomic E-state index is 4.17. The zero-order chi connectivity index (χ0) is 9.27. The molecule has 0 aromatic carbocycles. The first-order valence-electron chi connectivity index (χ1n) is 5.11. The van der Waals surface area contributed by atoms with Gasteiger partial charge in [-0.05, 0) is 29.7 Å². The molecule has 0 unspecified atom stereocenters. The first kappa shape index (κ1) is 7.60. The van der Waals surface area contributed by atoms with E-state index in [0.29, 0.717) is 10.8 Å². The van der Waals surface area contributed by atoms with Gasteiger partial charge < -0.3 is 0 Å². The summed E-state index contributed by atoms with van der Waals surface area (Å²) in [6.45, 7) is 7.19. The van der Waals surface area contributed by atoms with Crippen LogP contribution in [0.15, 0.2) is 6.20 Å². The molecule has 2 atom stereocenters. The van der Waals surface area contributed by atoms with Crippen LogP contribution >= 0.6 is 0 Å². The molecule has 3 rings (SSSR count). The molecular formula is C11H16N2. The van der Waals surface area contributed by atoms with Gasteiger partial charge in [-0.1, -0.05) is 20.8 Å². The fraction of sp³-hybridized carbons (Fsp3) is 0.727. The SMILES string of the molecule is CC1(C)[C@H]2CC[C@@]1(C)c1[nH]ncc12. The van der Waals surface area contributed by atoms with Crippen molar-refractivity contribution in [1.29, 1.82) is 0 Å². The number of nitrogens with one attached hydrogen (secondary N) is 1. The van der Waals surface area contributed by atoms with Gasteiger partial charge in [0.15, 0.2) is 0 Å². The van der Waals surface area contributed by atoms with Gasteiger partial charge in [0, 0.05) is 11.1 Å². The topological polar surface area (TPSA) is 28.7 Å². The second kappa shape index (κ2) is 1.84. The number of hydrogen-bond donors (Lipinski definition) is 1. The van der Waals surface area contributed by atoms with Crippen LogP contribution in [0.3, 0.4) is 0 Å². The summed E-state index contributed by atoms with van der Waals surface area (Å²) in [4.78, 5) is 0. The normalized spacial score (nSPS) is 39.5. The van der Waals surface area contributed by atoms with Crippen LogP contribution in [0, 0.1) is 5.41 Å². The quantitative estimate of drug-likeness (QED) is 0.646. The molecule has 1 heterocycles. The van der Waals surface area contributed by atoms with Crippen molar-refractivity contribution in [3.8, 4) is 0 Å². The smallest absolute Gasteiger partial charge is 0.0525 e. The van der Waals surface area contributed by atoms with Crippen molar-refractivity contribution in [1.82, 2.24) is 10.2 Å². The summed E-state index contributed by atoms with van der Waals surface area (Å²) >= 11 is 0. The molecular weight excluding hydrogens is 160 g/mol. The van der Waals surface area contributed by atoms with E-state index in [-0.39, 0.29) is 0 Å². The third-order valence-corrected chi connectivity index (χ3v) is 4.82. The predicted molar refractivity (Wildman–Crippen MR) is 51.7 cm³/mol. The van der Waals surface area contributed by atoms with Gasteiger partial charge in [-0.3, -0.25) is 5.10 Å². The van der Waals surface area contributed by atoms with Gasteiger partial charge in [-0.2, -0.15) is 5.10 Å². The molecule has 2 aliphatic carbocycles.